The highest BCUT2D eigenvalue weighted by molar-refractivity contribution is 6.02. The Morgan fingerprint density at radius 1 is 1.32 bits per heavy atom. The summed E-state index contributed by atoms with van der Waals surface area (Å²) < 4.78 is 37.0. The Balaban J connectivity index is 2.27. The van der Waals surface area contributed by atoms with E-state index in [0.717, 1.165) is 6.07 Å². The Morgan fingerprint density at radius 2 is 2.05 bits per heavy atom. The molecule has 2 aromatic rings. The molecule has 6 nitrogen and oxygen atoms in total. The lowest BCUT2D eigenvalue weighted by molar-refractivity contribution is -0.141. The van der Waals surface area contributed by atoms with Crippen LogP contribution in [0.4, 0.5) is 19.1 Å². The smallest absolute Gasteiger partial charge is 0.331 e. The maximum absolute atomic E-state index is 12.3. The van der Waals surface area contributed by atoms with Gasteiger partial charge in [0.05, 0.1) is 0 Å². The number of aromatic nitrogens is 3. The summed E-state index contributed by atoms with van der Waals surface area (Å²) in [5.41, 5.74) is -2.78. The largest absolute Gasteiger partial charge is 0.431 e. The summed E-state index contributed by atoms with van der Waals surface area (Å²) in [7, 11) is 0. The molecule has 0 saturated heterocycles. The SMILES string of the molecule is O=C(Nc1ncc[nH]1)c1ccc(C(F)(F)F)[nH]c1=O. The van der Waals surface area contributed by atoms with Crippen molar-refractivity contribution in [2.45, 2.75) is 6.18 Å². The van der Waals surface area contributed by atoms with Gasteiger partial charge in [0, 0.05) is 12.4 Å². The number of nitrogens with one attached hydrogen (secondary N) is 3. The van der Waals surface area contributed by atoms with Crippen LogP contribution in [-0.2, 0) is 6.18 Å². The van der Waals surface area contributed by atoms with Crippen LogP contribution in [0.15, 0.2) is 29.3 Å². The number of nitrogens with zero attached hydrogens (tertiary/aromatic N) is 1. The van der Waals surface area contributed by atoms with Crippen LogP contribution in [-0.4, -0.2) is 20.9 Å². The first-order chi connectivity index (χ1) is 8.88. The Morgan fingerprint density at radius 3 is 2.58 bits per heavy atom. The molecule has 9 heteroatoms. The topological polar surface area (TPSA) is 90.6 Å². The molecule has 0 saturated carbocycles. The first-order valence-electron chi connectivity index (χ1n) is 4.99. The first kappa shape index (κ1) is 12.9. The van der Waals surface area contributed by atoms with Gasteiger partial charge in [-0.3, -0.25) is 14.9 Å². The fourth-order valence-corrected chi connectivity index (χ4v) is 1.33. The molecule has 0 atom stereocenters. The minimum absolute atomic E-state index is 0.0873. The van der Waals surface area contributed by atoms with E-state index < -0.39 is 28.9 Å². The van der Waals surface area contributed by atoms with Crippen molar-refractivity contribution in [3.63, 3.8) is 0 Å². The Labute approximate surface area is 103 Å². The second-order valence-electron chi connectivity index (χ2n) is 3.50. The predicted octanol–water partition coefficient (Wildman–Crippen LogP) is 1.37. The average Bonchev–Trinajstić information content (AvgIpc) is 2.80. The summed E-state index contributed by atoms with van der Waals surface area (Å²) in [6, 6.07) is 1.43. The van der Waals surface area contributed by atoms with E-state index in [-0.39, 0.29) is 5.95 Å². The summed E-state index contributed by atoms with van der Waals surface area (Å²) in [6.45, 7) is 0. The van der Waals surface area contributed by atoms with Gasteiger partial charge in [-0.2, -0.15) is 13.2 Å². The van der Waals surface area contributed by atoms with Crippen LogP contribution in [0.1, 0.15) is 16.1 Å². The highest BCUT2D eigenvalue weighted by Crippen LogP contribution is 2.26. The maximum atomic E-state index is 12.3. The van der Waals surface area contributed by atoms with Crippen LogP contribution in [0.3, 0.4) is 0 Å². The van der Waals surface area contributed by atoms with Crippen LogP contribution in [0, 0.1) is 0 Å². The van der Waals surface area contributed by atoms with Crippen LogP contribution in [0.25, 0.3) is 0 Å². The summed E-state index contributed by atoms with van der Waals surface area (Å²) in [5.74, 6) is -0.769. The zero-order valence-corrected chi connectivity index (χ0v) is 9.21. The van der Waals surface area contributed by atoms with Crippen LogP contribution >= 0.6 is 0 Å². The molecular formula is C10H7F3N4O2. The second kappa shape index (κ2) is 4.59. The number of carbonyl (C=O) groups is 1. The van der Waals surface area contributed by atoms with E-state index in [9.17, 15) is 22.8 Å². The highest BCUT2D eigenvalue weighted by Gasteiger charge is 2.32. The monoisotopic (exact) mass is 272 g/mol. The van der Waals surface area contributed by atoms with Gasteiger partial charge in [0.15, 0.2) is 0 Å². The van der Waals surface area contributed by atoms with Gasteiger partial charge in [-0.05, 0) is 12.1 Å². The van der Waals surface area contributed by atoms with E-state index in [0.29, 0.717) is 6.07 Å². The zero-order chi connectivity index (χ0) is 14.0. The van der Waals surface area contributed by atoms with Gasteiger partial charge in [0.2, 0.25) is 5.95 Å². The standard InChI is InChI=1S/C10H7F3N4O2/c11-10(12,13)6-2-1-5(7(18)16-6)8(19)17-9-14-3-4-15-9/h1-4H,(H,16,18)(H2,14,15,17,19). The number of H-pyrrole nitrogens is 2. The molecule has 0 aromatic carbocycles. The number of pyridine rings is 1. The summed E-state index contributed by atoms with van der Waals surface area (Å²) in [4.78, 5) is 30.9. The number of anilines is 1. The number of aromatic amines is 2. The van der Waals surface area contributed by atoms with Gasteiger partial charge in [-0.25, -0.2) is 4.98 Å². The van der Waals surface area contributed by atoms with E-state index in [1.807, 2.05) is 0 Å². The van der Waals surface area contributed by atoms with Gasteiger partial charge in [-0.15, -0.1) is 0 Å². The summed E-state index contributed by atoms with van der Waals surface area (Å²) >= 11 is 0. The lowest BCUT2D eigenvalue weighted by Crippen LogP contribution is -2.26. The average molecular weight is 272 g/mol. The maximum Gasteiger partial charge on any atom is 0.431 e. The van der Waals surface area contributed by atoms with Gasteiger partial charge in [-0.1, -0.05) is 0 Å². The molecule has 2 aromatic heterocycles. The molecule has 2 rings (SSSR count). The Kier molecular flexibility index (Phi) is 3.11. The van der Waals surface area contributed by atoms with Crippen molar-refractivity contribution < 1.29 is 18.0 Å². The summed E-state index contributed by atoms with van der Waals surface area (Å²) in [6.07, 6.45) is -1.87. The molecule has 0 spiro atoms. The van der Waals surface area contributed by atoms with Crippen molar-refractivity contribution in [3.05, 3.63) is 46.1 Å². The van der Waals surface area contributed by atoms with Crippen molar-refractivity contribution in [2.75, 3.05) is 5.32 Å². The molecule has 2 heterocycles. The van der Waals surface area contributed by atoms with Gasteiger partial charge >= 0.3 is 6.18 Å². The molecule has 0 aliphatic carbocycles. The molecular weight excluding hydrogens is 265 g/mol. The molecule has 0 fully saturated rings. The molecule has 0 aliphatic rings. The molecule has 100 valence electrons. The van der Waals surface area contributed by atoms with Crippen molar-refractivity contribution in [2.24, 2.45) is 0 Å². The van der Waals surface area contributed by atoms with Crippen LogP contribution < -0.4 is 10.9 Å². The molecule has 3 N–H and O–H groups in total. The molecule has 0 radical (unpaired) electrons. The van der Waals surface area contributed by atoms with Crippen molar-refractivity contribution >= 4 is 11.9 Å². The number of alkyl halides is 3. The van der Waals surface area contributed by atoms with Gasteiger partial charge in [0.1, 0.15) is 11.3 Å². The Hall–Kier alpha value is -2.58. The number of amides is 1. The first-order valence-corrected chi connectivity index (χ1v) is 4.99. The second-order valence-corrected chi connectivity index (χ2v) is 3.50. The zero-order valence-electron chi connectivity index (χ0n) is 9.21. The number of halogens is 3. The molecule has 0 bridgehead atoms. The van der Waals surface area contributed by atoms with E-state index in [1.165, 1.54) is 12.4 Å². The third-order valence-corrected chi connectivity index (χ3v) is 2.19. The van der Waals surface area contributed by atoms with Crippen LogP contribution in [0.5, 0.6) is 0 Å². The minimum atomic E-state index is -4.67. The number of rotatable bonds is 2. The van der Waals surface area contributed by atoms with Crippen LogP contribution in [0.2, 0.25) is 0 Å². The quantitative estimate of drug-likeness (QED) is 0.771. The number of carbonyl (C=O) groups excluding carboxylic acids is 1. The van der Waals surface area contributed by atoms with E-state index >= 15 is 0 Å². The number of imidazole rings is 1. The summed E-state index contributed by atoms with van der Waals surface area (Å²) in [5, 5.41) is 2.23. The third kappa shape index (κ3) is 2.81. The molecule has 1 amide bonds. The Bertz CT molecular complexity index is 646. The third-order valence-electron chi connectivity index (χ3n) is 2.19. The number of hydrogen-bond acceptors (Lipinski definition) is 3. The fraction of sp³-hybridized carbons (Fsp3) is 0.100. The highest BCUT2D eigenvalue weighted by atomic mass is 19.4. The molecule has 0 aliphatic heterocycles. The fourth-order valence-electron chi connectivity index (χ4n) is 1.33. The molecule has 19 heavy (non-hydrogen) atoms. The van der Waals surface area contributed by atoms with Gasteiger partial charge < -0.3 is 9.97 Å². The van der Waals surface area contributed by atoms with E-state index in [2.05, 4.69) is 15.3 Å². The number of hydrogen-bond donors (Lipinski definition) is 3. The molecule has 0 unspecified atom stereocenters. The lowest BCUT2D eigenvalue weighted by Gasteiger charge is -2.07. The van der Waals surface area contributed by atoms with Crippen molar-refractivity contribution in [1.82, 2.24) is 15.0 Å². The van der Waals surface area contributed by atoms with E-state index in [1.54, 1.807) is 4.98 Å². The predicted molar refractivity (Wildman–Crippen MR) is 58.6 cm³/mol. The van der Waals surface area contributed by atoms with Crippen molar-refractivity contribution in [3.8, 4) is 0 Å². The van der Waals surface area contributed by atoms with E-state index in [4.69, 9.17) is 0 Å². The normalized spacial score (nSPS) is 11.3. The van der Waals surface area contributed by atoms with Crippen molar-refractivity contribution in [1.29, 1.82) is 0 Å². The lowest BCUT2D eigenvalue weighted by atomic mass is 10.2. The minimum Gasteiger partial charge on any atom is -0.331 e. The van der Waals surface area contributed by atoms with Gasteiger partial charge in [0.25, 0.3) is 11.5 Å².